The number of carbonyl (C=O) groups excluding carboxylic acids is 1. The molecule has 0 heterocycles. The molecular weight excluding hydrogens is 378 g/mol. The summed E-state index contributed by atoms with van der Waals surface area (Å²) in [4.78, 5) is 11.2. The van der Waals surface area contributed by atoms with Crippen molar-refractivity contribution in [2.24, 2.45) is 0 Å². The second-order valence-electron chi connectivity index (χ2n) is 5.69. The lowest BCUT2D eigenvalue weighted by Gasteiger charge is -2.15. The van der Waals surface area contributed by atoms with Crippen molar-refractivity contribution in [1.29, 1.82) is 0 Å². The van der Waals surface area contributed by atoms with Gasteiger partial charge >= 0.3 is 5.97 Å². The fraction of sp³-hybridized carbons (Fsp3) is 0.278. The molecule has 1 unspecified atom stereocenters. The molecule has 2 aromatic rings. The second kappa shape index (κ2) is 9.02. The second-order valence-corrected chi connectivity index (χ2v) is 7.84. The van der Waals surface area contributed by atoms with Crippen molar-refractivity contribution in [3.8, 4) is 5.75 Å². The van der Waals surface area contributed by atoms with Gasteiger partial charge in [0.1, 0.15) is 5.75 Å². The van der Waals surface area contributed by atoms with Crippen molar-refractivity contribution in [1.82, 2.24) is 4.72 Å². The predicted molar refractivity (Wildman–Crippen MR) is 98.9 cm³/mol. The van der Waals surface area contributed by atoms with E-state index in [0.717, 1.165) is 5.56 Å². The quantitative estimate of drug-likeness (QED) is 0.692. The molecule has 0 bridgehead atoms. The highest BCUT2D eigenvalue weighted by atomic mass is 35.5. The van der Waals surface area contributed by atoms with E-state index in [9.17, 15) is 13.2 Å². The Labute approximate surface area is 158 Å². The smallest absolute Gasteiger partial charge is 0.343 e. The van der Waals surface area contributed by atoms with Gasteiger partial charge in [0.2, 0.25) is 10.0 Å². The van der Waals surface area contributed by atoms with E-state index >= 15 is 0 Å². The lowest BCUT2D eigenvalue weighted by molar-refractivity contribution is -0.142. The standard InChI is InChI=1S/C18H20ClNO5S/c1-13(20-26(22,23)17-9-5-15(19)6-10-17)11-14-3-7-16(8-4-14)25-12-18(21)24-2/h3-10,13,20H,11-12H2,1-2H3. The number of rotatable bonds is 8. The van der Waals surface area contributed by atoms with Gasteiger partial charge < -0.3 is 9.47 Å². The summed E-state index contributed by atoms with van der Waals surface area (Å²) in [6.07, 6.45) is 0.504. The zero-order chi connectivity index (χ0) is 19.2. The predicted octanol–water partition coefficient (Wildman–Crippen LogP) is 2.80. The summed E-state index contributed by atoms with van der Waals surface area (Å²) >= 11 is 5.78. The number of carbonyl (C=O) groups is 1. The van der Waals surface area contributed by atoms with E-state index in [1.807, 2.05) is 12.1 Å². The molecule has 0 saturated heterocycles. The normalized spacial score (nSPS) is 12.4. The molecule has 0 fully saturated rings. The molecule has 6 nitrogen and oxygen atoms in total. The van der Waals surface area contributed by atoms with Crippen LogP contribution < -0.4 is 9.46 Å². The van der Waals surface area contributed by atoms with Gasteiger partial charge in [-0.3, -0.25) is 0 Å². The molecular formula is C18H20ClNO5S. The first-order valence-electron chi connectivity index (χ1n) is 7.86. The van der Waals surface area contributed by atoms with Crippen molar-refractivity contribution in [2.45, 2.75) is 24.3 Å². The average molecular weight is 398 g/mol. The van der Waals surface area contributed by atoms with E-state index < -0.39 is 16.0 Å². The van der Waals surface area contributed by atoms with Crippen LogP contribution in [-0.4, -0.2) is 34.1 Å². The molecule has 1 N–H and O–H groups in total. The Hall–Kier alpha value is -2.09. The highest BCUT2D eigenvalue weighted by Crippen LogP contribution is 2.16. The van der Waals surface area contributed by atoms with Crippen LogP contribution >= 0.6 is 11.6 Å². The molecule has 0 aliphatic carbocycles. The first-order chi connectivity index (χ1) is 12.3. The minimum Gasteiger partial charge on any atom is -0.482 e. The van der Waals surface area contributed by atoms with E-state index in [4.69, 9.17) is 16.3 Å². The molecule has 2 aromatic carbocycles. The van der Waals surface area contributed by atoms with Crippen LogP contribution in [0.2, 0.25) is 5.02 Å². The Morgan fingerprint density at radius 3 is 2.31 bits per heavy atom. The van der Waals surface area contributed by atoms with Crippen LogP contribution in [0.3, 0.4) is 0 Å². The first kappa shape index (κ1) is 20.2. The molecule has 26 heavy (non-hydrogen) atoms. The van der Waals surface area contributed by atoms with E-state index in [2.05, 4.69) is 9.46 Å². The number of nitrogens with one attached hydrogen (secondary N) is 1. The Balaban J connectivity index is 1.93. The van der Waals surface area contributed by atoms with Crippen molar-refractivity contribution in [3.63, 3.8) is 0 Å². The summed E-state index contributed by atoms with van der Waals surface area (Å²) in [6, 6.07) is 12.8. The van der Waals surface area contributed by atoms with Gasteiger partial charge in [0.15, 0.2) is 6.61 Å². The van der Waals surface area contributed by atoms with Crippen LogP contribution in [0.5, 0.6) is 5.75 Å². The van der Waals surface area contributed by atoms with Gasteiger partial charge in [-0.1, -0.05) is 23.7 Å². The summed E-state index contributed by atoms with van der Waals surface area (Å²) < 4.78 is 37.1. The summed E-state index contributed by atoms with van der Waals surface area (Å²) in [5, 5.41) is 0.478. The molecule has 0 aliphatic rings. The van der Waals surface area contributed by atoms with Crippen LogP contribution in [0.15, 0.2) is 53.4 Å². The Bertz CT molecular complexity index is 835. The van der Waals surface area contributed by atoms with Crippen molar-refractivity contribution < 1.29 is 22.7 Å². The van der Waals surface area contributed by atoms with Crippen LogP contribution in [0.25, 0.3) is 0 Å². The summed E-state index contributed by atoms with van der Waals surface area (Å²) in [7, 11) is -2.32. The maximum absolute atomic E-state index is 12.4. The van der Waals surface area contributed by atoms with E-state index in [1.165, 1.54) is 31.4 Å². The van der Waals surface area contributed by atoms with Crippen LogP contribution in [0.4, 0.5) is 0 Å². The zero-order valence-electron chi connectivity index (χ0n) is 14.4. The lowest BCUT2D eigenvalue weighted by atomic mass is 10.1. The maximum Gasteiger partial charge on any atom is 0.343 e. The first-order valence-corrected chi connectivity index (χ1v) is 9.73. The van der Waals surface area contributed by atoms with Crippen molar-refractivity contribution >= 4 is 27.6 Å². The van der Waals surface area contributed by atoms with Gasteiger partial charge in [0, 0.05) is 11.1 Å². The SMILES string of the molecule is COC(=O)COc1ccc(CC(C)NS(=O)(=O)c2ccc(Cl)cc2)cc1. The van der Waals surface area contributed by atoms with Crippen molar-refractivity contribution in [3.05, 3.63) is 59.1 Å². The number of benzene rings is 2. The molecule has 0 aliphatic heterocycles. The highest BCUT2D eigenvalue weighted by Gasteiger charge is 2.17. The molecule has 0 radical (unpaired) electrons. The minimum atomic E-state index is -3.61. The van der Waals surface area contributed by atoms with Gasteiger partial charge in [0.05, 0.1) is 12.0 Å². The Kier molecular flexibility index (Phi) is 7.02. The number of esters is 1. The monoisotopic (exact) mass is 397 g/mol. The largest absolute Gasteiger partial charge is 0.482 e. The van der Waals surface area contributed by atoms with Crippen LogP contribution in [0.1, 0.15) is 12.5 Å². The van der Waals surface area contributed by atoms with Gasteiger partial charge in [-0.15, -0.1) is 0 Å². The van der Waals surface area contributed by atoms with E-state index in [-0.39, 0.29) is 17.5 Å². The molecule has 0 spiro atoms. The topological polar surface area (TPSA) is 81.7 Å². The third-order valence-electron chi connectivity index (χ3n) is 3.53. The summed E-state index contributed by atoms with van der Waals surface area (Å²) in [5.74, 6) is 0.0767. The molecule has 8 heteroatoms. The van der Waals surface area contributed by atoms with Gasteiger partial charge in [0.25, 0.3) is 0 Å². The van der Waals surface area contributed by atoms with Gasteiger partial charge in [-0.05, 0) is 55.3 Å². The number of sulfonamides is 1. The summed E-state index contributed by atoms with van der Waals surface area (Å²) in [5.41, 5.74) is 0.932. The summed E-state index contributed by atoms with van der Waals surface area (Å²) in [6.45, 7) is 1.63. The zero-order valence-corrected chi connectivity index (χ0v) is 16.0. The van der Waals surface area contributed by atoms with E-state index in [1.54, 1.807) is 19.1 Å². The highest BCUT2D eigenvalue weighted by molar-refractivity contribution is 7.89. The Morgan fingerprint density at radius 1 is 1.12 bits per heavy atom. The van der Waals surface area contributed by atoms with Gasteiger partial charge in [-0.2, -0.15) is 0 Å². The third kappa shape index (κ3) is 6.01. The number of halogens is 1. The van der Waals surface area contributed by atoms with Gasteiger partial charge in [-0.25, -0.2) is 17.9 Å². The number of methoxy groups -OCH3 is 1. The van der Waals surface area contributed by atoms with E-state index in [0.29, 0.717) is 17.2 Å². The number of hydrogen-bond acceptors (Lipinski definition) is 5. The molecule has 0 aromatic heterocycles. The molecule has 2 rings (SSSR count). The minimum absolute atomic E-state index is 0.160. The molecule has 1 atom stereocenters. The van der Waals surface area contributed by atoms with Crippen molar-refractivity contribution in [2.75, 3.05) is 13.7 Å². The fourth-order valence-corrected chi connectivity index (χ4v) is 3.63. The molecule has 140 valence electrons. The van der Waals surface area contributed by atoms with Crippen LogP contribution in [-0.2, 0) is 26.0 Å². The third-order valence-corrected chi connectivity index (χ3v) is 5.39. The van der Waals surface area contributed by atoms with Crippen LogP contribution in [0, 0.1) is 0 Å². The average Bonchev–Trinajstić information content (AvgIpc) is 2.60. The number of hydrogen-bond donors (Lipinski definition) is 1. The fourth-order valence-electron chi connectivity index (χ4n) is 2.26. The number of ether oxygens (including phenoxy) is 2. The molecule has 0 saturated carbocycles. The molecule has 0 amide bonds. The lowest BCUT2D eigenvalue weighted by Crippen LogP contribution is -2.34. The Morgan fingerprint density at radius 2 is 1.73 bits per heavy atom. The maximum atomic E-state index is 12.4.